The first-order valence-electron chi connectivity index (χ1n) is 6.77. The second-order valence-corrected chi connectivity index (χ2v) is 4.84. The van der Waals surface area contributed by atoms with Crippen molar-refractivity contribution >= 4 is 11.5 Å². The fourth-order valence-electron chi connectivity index (χ4n) is 2.39. The molecule has 0 saturated heterocycles. The Bertz CT molecular complexity index is 827. The van der Waals surface area contributed by atoms with E-state index < -0.39 is 0 Å². The largest absolute Gasteiger partial charge is 0.497 e. The van der Waals surface area contributed by atoms with Crippen LogP contribution >= 0.6 is 0 Å². The number of rotatable bonds is 4. The molecule has 22 heavy (non-hydrogen) atoms. The molecule has 2 heterocycles. The zero-order valence-electron chi connectivity index (χ0n) is 12.4. The van der Waals surface area contributed by atoms with Crippen molar-refractivity contribution in [2.24, 2.45) is 0 Å². The molecule has 0 aliphatic rings. The standard InChI is InChI=1S/C16H17N3O3/c1-21-11-4-5-12(13(7-11)22-2)15-16(17)19-8-10(9-20)3-6-14(19)18-15/h3-8,20H,9,17H2,1-2H3. The lowest BCUT2D eigenvalue weighted by molar-refractivity contribution is 0.281. The van der Waals surface area contributed by atoms with Gasteiger partial charge in [-0.2, -0.15) is 0 Å². The summed E-state index contributed by atoms with van der Waals surface area (Å²) in [7, 11) is 3.19. The molecule has 0 atom stereocenters. The Morgan fingerprint density at radius 1 is 1.18 bits per heavy atom. The number of aliphatic hydroxyl groups excluding tert-OH is 1. The number of fused-ring (bicyclic) bond motifs is 1. The van der Waals surface area contributed by atoms with E-state index in [0.717, 1.165) is 11.1 Å². The van der Waals surface area contributed by atoms with Crippen LogP contribution in [-0.2, 0) is 6.61 Å². The Hall–Kier alpha value is -2.73. The Kier molecular flexibility index (Phi) is 3.60. The predicted octanol–water partition coefficient (Wildman–Crippen LogP) is 2.09. The molecule has 114 valence electrons. The van der Waals surface area contributed by atoms with E-state index in [-0.39, 0.29) is 6.61 Å². The van der Waals surface area contributed by atoms with Crippen molar-refractivity contribution < 1.29 is 14.6 Å². The minimum atomic E-state index is -0.0469. The molecule has 0 fully saturated rings. The average Bonchev–Trinajstić information content (AvgIpc) is 2.90. The van der Waals surface area contributed by atoms with Gasteiger partial charge in [0, 0.05) is 17.8 Å². The first-order chi connectivity index (χ1) is 10.7. The highest BCUT2D eigenvalue weighted by Gasteiger charge is 2.16. The van der Waals surface area contributed by atoms with Crippen LogP contribution in [0.3, 0.4) is 0 Å². The maximum atomic E-state index is 9.24. The summed E-state index contributed by atoms with van der Waals surface area (Å²) in [5.74, 6) is 1.83. The van der Waals surface area contributed by atoms with Crippen LogP contribution in [-0.4, -0.2) is 28.7 Å². The minimum absolute atomic E-state index is 0.0469. The van der Waals surface area contributed by atoms with Gasteiger partial charge in [-0.05, 0) is 23.8 Å². The van der Waals surface area contributed by atoms with Crippen LogP contribution in [0.4, 0.5) is 5.82 Å². The van der Waals surface area contributed by atoms with Gasteiger partial charge in [-0.25, -0.2) is 4.98 Å². The fraction of sp³-hybridized carbons (Fsp3) is 0.188. The maximum Gasteiger partial charge on any atom is 0.139 e. The third-order valence-corrected chi connectivity index (χ3v) is 3.56. The third kappa shape index (κ3) is 2.23. The van der Waals surface area contributed by atoms with Gasteiger partial charge in [0.1, 0.15) is 28.7 Å². The number of nitrogens with two attached hydrogens (primary N) is 1. The number of anilines is 1. The number of methoxy groups -OCH3 is 2. The summed E-state index contributed by atoms with van der Waals surface area (Å²) in [6, 6.07) is 9.12. The normalized spacial score (nSPS) is 10.9. The second-order valence-electron chi connectivity index (χ2n) is 4.84. The first kappa shape index (κ1) is 14.2. The second kappa shape index (κ2) is 5.57. The van der Waals surface area contributed by atoms with Crippen LogP contribution in [0.1, 0.15) is 5.56 Å². The molecule has 0 bridgehead atoms. The van der Waals surface area contributed by atoms with Gasteiger partial charge in [0.2, 0.25) is 0 Å². The zero-order valence-corrected chi connectivity index (χ0v) is 12.4. The van der Waals surface area contributed by atoms with Crippen LogP contribution in [0, 0.1) is 0 Å². The molecule has 0 spiro atoms. The van der Waals surface area contributed by atoms with Crippen molar-refractivity contribution in [3.8, 4) is 22.8 Å². The van der Waals surface area contributed by atoms with Crippen LogP contribution in [0.5, 0.6) is 11.5 Å². The van der Waals surface area contributed by atoms with Gasteiger partial charge in [0.15, 0.2) is 0 Å². The Balaban J connectivity index is 2.20. The summed E-state index contributed by atoms with van der Waals surface area (Å²) in [5, 5.41) is 9.24. The number of aromatic nitrogens is 2. The van der Waals surface area contributed by atoms with Crippen molar-refractivity contribution in [2.45, 2.75) is 6.61 Å². The van der Waals surface area contributed by atoms with E-state index >= 15 is 0 Å². The monoisotopic (exact) mass is 299 g/mol. The lowest BCUT2D eigenvalue weighted by atomic mass is 10.1. The predicted molar refractivity (Wildman–Crippen MR) is 84.1 cm³/mol. The highest BCUT2D eigenvalue weighted by atomic mass is 16.5. The molecule has 0 aliphatic heterocycles. The Labute approximate surface area is 127 Å². The van der Waals surface area contributed by atoms with Gasteiger partial charge < -0.3 is 20.3 Å². The van der Waals surface area contributed by atoms with Crippen LogP contribution < -0.4 is 15.2 Å². The van der Waals surface area contributed by atoms with E-state index in [2.05, 4.69) is 4.98 Å². The van der Waals surface area contributed by atoms with Crippen molar-refractivity contribution in [1.82, 2.24) is 9.38 Å². The summed E-state index contributed by atoms with van der Waals surface area (Å²) < 4.78 is 12.4. The van der Waals surface area contributed by atoms with Gasteiger partial charge in [-0.1, -0.05) is 6.07 Å². The molecule has 1 aromatic carbocycles. The van der Waals surface area contributed by atoms with Gasteiger partial charge in [0.05, 0.1) is 20.8 Å². The summed E-state index contributed by atoms with van der Waals surface area (Å²) >= 11 is 0. The van der Waals surface area contributed by atoms with E-state index in [1.54, 1.807) is 30.9 Å². The number of benzene rings is 1. The fourth-order valence-corrected chi connectivity index (χ4v) is 2.39. The van der Waals surface area contributed by atoms with E-state index in [1.807, 2.05) is 24.3 Å². The first-order valence-corrected chi connectivity index (χ1v) is 6.77. The summed E-state index contributed by atoms with van der Waals surface area (Å²) in [6.07, 6.45) is 1.77. The molecule has 3 N–H and O–H groups in total. The van der Waals surface area contributed by atoms with Crippen LogP contribution in [0.15, 0.2) is 36.5 Å². The average molecular weight is 299 g/mol. The number of pyridine rings is 1. The molecule has 0 unspecified atom stereocenters. The van der Waals surface area contributed by atoms with E-state index in [4.69, 9.17) is 15.2 Å². The summed E-state index contributed by atoms with van der Waals surface area (Å²) in [5.41, 5.74) is 9.12. The Morgan fingerprint density at radius 2 is 2.00 bits per heavy atom. The van der Waals surface area contributed by atoms with Crippen LogP contribution in [0.25, 0.3) is 16.9 Å². The maximum absolute atomic E-state index is 9.24. The zero-order chi connectivity index (χ0) is 15.7. The number of hydrogen-bond donors (Lipinski definition) is 2. The van der Waals surface area contributed by atoms with E-state index in [0.29, 0.717) is 28.7 Å². The van der Waals surface area contributed by atoms with Crippen LogP contribution in [0.2, 0.25) is 0 Å². The highest BCUT2D eigenvalue weighted by Crippen LogP contribution is 2.36. The van der Waals surface area contributed by atoms with Crippen molar-refractivity contribution in [2.75, 3.05) is 20.0 Å². The molecule has 0 saturated carbocycles. The van der Waals surface area contributed by atoms with Crippen molar-refractivity contribution in [3.05, 3.63) is 42.1 Å². The molecular weight excluding hydrogens is 282 g/mol. The number of nitrogens with zero attached hydrogens (tertiary/aromatic N) is 2. The van der Waals surface area contributed by atoms with Gasteiger partial charge in [-0.3, -0.25) is 4.40 Å². The molecule has 0 aliphatic carbocycles. The number of nitrogen functional groups attached to an aromatic ring is 1. The number of ether oxygens (including phenoxy) is 2. The summed E-state index contributed by atoms with van der Waals surface area (Å²) in [6.45, 7) is -0.0469. The highest BCUT2D eigenvalue weighted by molar-refractivity contribution is 5.79. The van der Waals surface area contributed by atoms with Crippen molar-refractivity contribution in [1.29, 1.82) is 0 Å². The number of hydrogen-bond acceptors (Lipinski definition) is 5. The molecule has 0 radical (unpaired) electrons. The molecular formula is C16H17N3O3. The smallest absolute Gasteiger partial charge is 0.139 e. The van der Waals surface area contributed by atoms with E-state index in [1.165, 1.54) is 0 Å². The molecule has 0 amide bonds. The number of aliphatic hydroxyl groups is 1. The Morgan fingerprint density at radius 3 is 2.68 bits per heavy atom. The molecule has 3 aromatic rings. The van der Waals surface area contributed by atoms with Gasteiger partial charge >= 0.3 is 0 Å². The van der Waals surface area contributed by atoms with Crippen molar-refractivity contribution in [3.63, 3.8) is 0 Å². The molecule has 6 nitrogen and oxygen atoms in total. The molecule has 6 heteroatoms. The molecule has 2 aromatic heterocycles. The lowest BCUT2D eigenvalue weighted by Crippen LogP contribution is -1.97. The minimum Gasteiger partial charge on any atom is -0.497 e. The SMILES string of the molecule is COc1ccc(-c2nc3ccc(CO)cn3c2N)c(OC)c1. The van der Waals surface area contributed by atoms with E-state index in [9.17, 15) is 5.11 Å². The molecule has 3 rings (SSSR count). The lowest BCUT2D eigenvalue weighted by Gasteiger charge is -2.09. The topological polar surface area (TPSA) is 82.0 Å². The van der Waals surface area contributed by atoms with Gasteiger partial charge in [0.25, 0.3) is 0 Å². The quantitative estimate of drug-likeness (QED) is 0.771. The van der Waals surface area contributed by atoms with Gasteiger partial charge in [-0.15, -0.1) is 0 Å². The summed E-state index contributed by atoms with van der Waals surface area (Å²) in [4.78, 5) is 4.56. The number of imidazole rings is 1. The third-order valence-electron chi connectivity index (χ3n) is 3.56.